The number of anilines is 1. The van der Waals surface area contributed by atoms with Crippen LogP contribution in [0.25, 0.3) is 16.6 Å². The smallest absolute Gasteiger partial charge is 0.263 e. The summed E-state index contributed by atoms with van der Waals surface area (Å²) < 4.78 is 28.6. The number of nitrogens with one attached hydrogen (secondary N) is 3. The zero-order valence-corrected chi connectivity index (χ0v) is 36.3. The average molecular weight is 874 g/mol. The summed E-state index contributed by atoms with van der Waals surface area (Å²) in [7, 11) is 1.73. The predicted octanol–water partition coefficient (Wildman–Crippen LogP) is 2.57. The van der Waals surface area contributed by atoms with Crippen LogP contribution in [0.1, 0.15) is 72.4 Å². The fourth-order valence-electron chi connectivity index (χ4n) is 7.32. The zero-order chi connectivity index (χ0) is 44.8. The van der Waals surface area contributed by atoms with Gasteiger partial charge in [0, 0.05) is 69.4 Å². The Morgan fingerprint density at radius 3 is 2.25 bits per heavy atom. The van der Waals surface area contributed by atoms with E-state index >= 15 is 0 Å². The van der Waals surface area contributed by atoms with Gasteiger partial charge in [-0.25, -0.2) is 0 Å². The van der Waals surface area contributed by atoms with E-state index in [1.165, 1.54) is 0 Å². The largest absolute Gasteiger partial charge is 0.488 e. The van der Waals surface area contributed by atoms with Gasteiger partial charge in [0.2, 0.25) is 18.2 Å². The highest BCUT2D eigenvalue weighted by Gasteiger charge is 2.41. The number of carbonyl (C=O) groups excluding carboxylic acids is 5. The van der Waals surface area contributed by atoms with Crippen LogP contribution in [-0.2, 0) is 33.3 Å². The summed E-state index contributed by atoms with van der Waals surface area (Å²) in [5, 5.41) is 13.6. The van der Waals surface area contributed by atoms with E-state index < -0.39 is 23.8 Å². The van der Waals surface area contributed by atoms with Crippen LogP contribution < -0.4 is 21.1 Å². The van der Waals surface area contributed by atoms with Gasteiger partial charge in [0.25, 0.3) is 11.8 Å². The van der Waals surface area contributed by atoms with Gasteiger partial charge in [-0.3, -0.25) is 44.3 Å². The molecule has 1 unspecified atom stereocenters. The molecule has 63 heavy (non-hydrogen) atoms. The van der Waals surface area contributed by atoms with E-state index in [1.54, 1.807) is 32.2 Å². The van der Waals surface area contributed by atoms with Crippen LogP contribution in [0, 0.1) is 0 Å². The number of carbonyl (C=O) groups is 5. The number of nitrogens with two attached hydrogens (primary N) is 1. The van der Waals surface area contributed by atoms with Crippen molar-refractivity contribution in [3.05, 3.63) is 59.3 Å². The highest BCUT2D eigenvalue weighted by Crippen LogP contribution is 2.40. The number of nitrogens with zero attached hydrogens (tertiary/aromatic N) is 5. The molecule has 5 N–H and O–H groups in total. The first-order chi connectivity index (χ1) is 30.5. The van der Waals surface area contributed by atoms with Gasteiger partial charge in [0.1, 0.15) is 22.9 Å². The van der Waals surface area contributed by atoms with Crippen LogP contribution in [0.2, 0.25) is 0 Å². The first-order valence-corrected chi connectivity index (χ1v) is 21.4. The third-order valence-corrected chi connectivity index (χ3v) is 11.1. The van der Waals surface area contributed by atoms with Gasteiger partial charge in [0.05, 0.1) is 81.6 Å². The van der Waals surface area contributed by atoms with Gasteiger partial charge in [-0.05, 0) is 63.4 Å². The second kappa shape index (κ2) is 22.5. The minimum atomic E-state index is -0.527. The number of fused-ring (bicyclic) bond motifs is 2. The zero-order valence-electron chi connectivity index (χ0n) is 36.3. The molecular formula is C44H59N9O10. The molecule has 3 aromatic rings. The van der Waals surface area contributed by atoms with Crippen LogP contribution in [0.5, 0.6) is 5.75 Å². The summed E-state index contributed by atoms with van der Waals surface area (Å²) in [4.78, 5) is 70.8. The van der Waals surface area contributed by atoms with Crippen LogP contribution in [0.4, 0.5) is 5.69 Å². The Hall–Kier alpha value is -5.89. The molecule has 2 fully saturated rings. The Morgan fingerprint density at radius 1 is 0.921 bits per heavy atom. The van der Waals surface area contributed by atoms with Crippen molar-refractivity contribution in [1.82, 2.24) is 30.2 Å². The van der Waals surface area contributed by atoms with E-state index in [2.05, 4.69) is 37.6 Å². The van der Waals surface area contributed by atoms with Crippen molar-refractivity contribution in [3.63, 3.8) is 0 Å². The number of H-pyrrole nitrogens is 1. The molecule has 6 rings (SSSR count). The molecule has 0 radical (unpaired) electrons. The summed E-state index contributed by atoms with van der Waals surface area (Å²) in [6, 6.07) is 10.4. The summed E-state index contributed by atoms with van der Waals surface area (Å²) in [6.45, 7) is 9.49. The lowest BCUT2D eigenvalue weighted by Gasteiger charge is -2.36. The number of rotatable bonds is 25. The molecule has 1 saturated heterocycles. The number of aromatic nitrogens is 2. The standard InChI is InChI=1S/C44H59N9O10/c1-30(7-10-38(55)48-29-54)53-42(57)32-5-4-6-36(40(32)43(53)58)47-14-20-60-22-24-62-26-25-61-23-21-59-19-11-39(56)52-17-15-51(16-18-52)37(46-3)28-34(45)41-33-27-31(63-44(2)12-13-44)8-9-35(33)49-50-41/h4-6,8-9,27-30,47H,7,10-26,45H2,1-3H3,(H,49,50)(H,48,54,55). The Kier molecular flexibility index (Phi) is 16.6. The molecule has 1 atom stereocenters. The van der Waals surface area contributed by atoms with E-state index in [1.807, 2.05) is 29.2 Å². The van der Waals surface area contributed by atoms with Crippen molar-refractivity contribution < 1.29 is 47.7 Å². The molecule has 3 aliphatic rings. The average Bonchev–Trinajstić information content (AvgIpc) is 3.75. The van der Waals surface area contributed by atoms with E-state index in [0.717, 1.165) is 40.2 Å². The van der Waals surface area contributed by atoms with Crippen LogP contribution in [-0.4, -0.2) is 165 Å². The summed E-state index contributed by atoms with van der Waals surface area (Å²) >= 11 is 0. The first kappa shape index (κ1) is 46.6. The SMILES string of the molecule is CN=C(C=C(N)c1n[nH]c2ccc(OC3(C)CC3)cc12)N1CCN(C(=O)CCOCCOCCOCCOCCNc2cccc3c2C(=O)N(C(C)CCC(=O)NC=O)C3=O)CC1. The molecule has 3 heterocycles. The lowest BCUT2D eigenvalue weighted by molar-refractivity contribution is -0.133. The molecule has 2 aromatic carbocycles. The minimum Gasteiger partial charge on any atom is -0.488 e. The summed E-state index contributed by atoms with van der Waals surface area (Å²) in [6.07, 6.45) is 4.75. The Balaban J connectivity index is 0.771. The van der Waals surface area contributed by atoms with Crippen LogP contribution >= 0.6 is 0 Å². The lowest BCUT2D eigenvalue weighted by atomic mass is 10.1. The molecule has 1 aliphatic carbocycles. The minimum absolute atomic E-state index is 0.00575. The molecule has 1 aromatic heterocycles. The van der Waals surface area contributed by atoms with Crippen molar-refractivity contribution in [1.29, 1.82) is 0 Å². The molecule has 0 bridgehead atoms. The number of ether oxygens (including phenoxy) is 5. The van der Waals surface area contributed by atoms with Crippen molar-refractivity contribution >= 4 is 58.2 Å². The van der Waals surface area contributed by atoms with Gasteiger partial charge in [-0.15, -0.1) is 0 Å². The number of hydrogen-bond acceptors (Lipinski definition) is 14. The topological polar surface area (TPSA) is 232 Å². The van der Waals surface area contributed by atoms with Gasteiger partial charge in [-0.2, -0.15) is 5.10 Å². The number of amides is 5. The highest BCUT2D eigenvalue weighted by atomic mass is 16.6. The third-order valence-electron chi connectivity index (χ3n) is 11.1. The molecule has 0 spiro atoms. The molecule has 1 saturated carbocycles. The van der Waals surface area contributed by atoms with E-state index in [4.69, 9.17) is 29.4 Å². The van der Waals surface area contributed by atoms with E-state index in [9.17, 15) is 24.0 Å². The number of amidine groups is 1. The second-order valence-corrected chi connectivity index (χ2v) is 15.8. The molecule has 340 valence electrons. The van der Waals surface area contributed by atoms with Crippen LogP contribution in [0.3, 0.4) is 0 Å². The number of aliphatic imine (C=N–C) groups is 1. The van der Waals surface area contributed by atoms with Gasteiger partial charge < -0.3 is 44.5 Å². The van der Waals surface area contributed by atoms with Gasteiger partial charge in [-0.1, -0.05) is 6.07 Å². The molecule has 19 heteroatoms. The fourth-order valence-corrected chi connectivity index (χ4v) is 7.32. The number of benzene rings is 2. The maximum Gasteiger partial charge on any atom is 0.263 e. The normalized spacial score (nSPS) is 16.7. The number of piperazine rings is 1. The number of aromatic amines is 1. The fraction of sp³-hybridized carbons (Fsp3) is 0.523. The van der Waals surface area contributed by atoms with Crippen molar-refractivity contribution in [3.8, 4) is 5.75 Å². The molecule has 5 amide bonds. The second-order valence-electron chi connectivity index (χ2n) is 15.8. The molecular weight excluding hydrogens is 815 g/mol. The monoisotopic (exact) mass is 873 g/mol. The van der Waals surface area contributed by atoms with Crippen molar-refractivity contribution in [2.45, 2.75) is 57.6 Å². The maximum absolute atomic E-state index is 13.2. The number of hydrogen-bond donors (Lipinski definition) is 4. The summed E-state index contributed by atoms with van der Waals surface area (Å²) in [5.41, 5.74) is 9.59. The third kappa shape index (κ3) is 12.6. The molecule has 2 aliphatic heterocycles. The number of imide groups is 2. The highest BCUT2D eigenvalue weighted by molar-refractivity contribution is 6.24. The molecule has 19 nitrogen and oxygen atoms in total. The quantitative estimate of drug-likeness (QED) is 0.0315. The maximum atomic E-state index is 13.2. The van der Waals surface area contributed by atoms with Gasteiger partial charge >= 0.3 is 0 Å². The first-order valence-electron chi connectivity index (χ1n) is 21.4. The lowest BCUT2D eigenvalue weighted by Crippen LogP contribution is -2.50. The van der Waals surface area contributed by atoms with E-state index in [-0.39, 0.29) is 36.3 Å². The van der Waals surface area contributed by atoms with Gasteiger partial charge in [0.15, 0.2) is 0 Å². The Morgan fingerprint density at radius 2 is 1.59 bits per heavy atom. The van der Waals surface area contributed by atoms with Crippen molar-refractivity contribution in [2.75, 3.05) is 97.9 Å². The Bertz CT molecular complexity index is 2140. The predicted molar refractivity (Wildman–Crippen MR) is 234 cm³/mol. The van der Waals surface area contributed by atoms with Crippen LogP contribution in [0.15, 0.2) is 47.5 Å². The summed E-state index contributed by atoms with van der Waals surface area (Å²) in [5.74, 6) is 0.244. The Labute approximate surface area is 366 Å². The van der Waals surface area contributed by atoms with Crippen molar-refractivity contribution in [2.24, 2.45) is 10.7 Å². The van der Waals surface area contributed by atoms with E-state index in [0.29, 0.717) is 115 Å².